The van der Waals surface area contributed by atoms with E-state index in [1.54, 1.807) is 12.1 Å². The van der Waals surface area contributed by atoms with Gasteiger partial charge in [-0.1, -0.05) is 41.1 Å². The molecule has 1 atom stereocenters. The zero-order chi connectivity index (χ0) is 23.4. The van der Waals surface area contributed by atoms with Crippen molar-refractivity contribution in [2.24, 2.45) is 11.1 Å². The lowest BCUT2D eigenvalue weighted by Gasteiger charge is -2.43. The van der Waals surface area contributed by atoms with Crippen molar-refractivity contribution < 1.29 is 14.1 Å². The molecule has 0 radical (unpaired) electrons. The molecule has 0 saturated heterocycles. The highest BCUT2D eigenvalue weighted by Crippen LogP contribution is 2.51. The third-order valence-corrected chi connectivity index (χ3v) is 7.20. The number of carbonyl (C=O) groups is 1. The Kier molecular flexibility index (Phi) is 5.43. The molecule has 0 unspecified atom stereocenters. The Bertz CT molecular complexity index is 1270. The topological polar surface area (TPSA) is 113 Å². The van der Waals surface area contributed by atoms with Crippen LogP contribution in [0.15, 0.2) is 57.5 Å². The van der Waals surface area contributed by atoms with Gasteiger partial charge in [-0.15, -0.1) is 0 Å². The highest BCUT2D eigenvalue weighted by molar-refractivity contribution is 9.10. The van der Waals surface area contributed by atoms with E-state index in [1.165, 1.54) is 23.1 Å². The molecule has 0 bridgehead atoms. The van der Waals surface area contributed by atoms with Crippen molar-refractivity contribution in [1.29, 1.82) is 5.26 Å². The molecule has 1 aromatic carbocycles. The largest absolute Gasteiger partial charge is 0.384 e. The first-order valence-corrected chi connectivity index (χ1v) is 11.3. The van der Waals surface area contributed by atoms with E-state index in [9.17, 15) is 24.6 Å². The highest BCUT2D eigenvalue weighted by Gasteiger charge is 2.45. The number of nitriles is 1. The van der Waals surface area contributed by atoms with Crippen molar-refractivity contribution in [2.75, 3.05) is 4.90 Å². The maximum Gasteiger partial charge on any atom is 0.324 e. The molecule has 0 saturated carbocycles. The van der Waals surface area contributed by atoms with E-state index in [-0.39, 0.29) is 34.3 Å². The summed E-state index contributed by atoms with van der Waals surface area (Å²) in [6.07, 6.45) is 0.665. The van der Waals surface area contributed by atoms with Gasteiger partial charge in [0.2, 0.25) is 0 Å². The van der Waals surface area contributed by atoms with Crippen LogP contribution in [0.2, 0.25) is 0 Å². The van der Waals surface area contributed by atoms with E-state index in [0.29, 0.717) is 27.0 Å². The Hall–Kier alpha value is -3.03. The molecular weight excluding hydrogens is 499 g/mol. The fourth-order valence-electron chi connectivity index (χ4n) is 4.33. The van der Waals surface area contributed by atoms with Gasteiger partial charge >= 0.3 is 5.00 Å². The lowest BCUT2D eigenvalue weighted by atomic mass is 9.69. The van der Waals surface area contributed by atoms with Crippen LogP contribution in [-0.2, 0) is 4.79 Å². The average molecular weight is 517 g/mol. The quantitative estimate of drug-likeness (QED) is 0.425. The second kappa shape index (κ2) is 7.83. The monoisotopic (exact) mass is 516 g/mol. The van der Waals surface area contributed by atoms with Gasteiger partial charge < -0.3 is 5.73 Å². The molecule has 0 amide bonds. The summed E-state index contributed by atoms with van der Waals surface area (Å²) in [5.41, 5.74) is 7.09. The molecular formula is C22H18BrFN4O3S. The van der Waals surface area contributed by atoms with Gasteiger partial charge in [0.15, 0.2) is 5.78 Å². The first kappa shape index (κ1) is 22.2. The van der Waals surface area contributed by atoms with Crippen molar-refractivity contribution in [1.82, 2.24) is 0 Å². The molecule has 164 valence electrons. The number of hydrogen-bond donors (Lipinski definition) is 1. The van der Waals surface area contributed by atoms with Gasteiger partial charge in [-0.25, -0.2) is 4.39 Å². The van der Waals surface area contributed by atoms with Gasteiger partial charge in [-0.3, -0.25) is 19.8 Å². The number of nitrogens with two attached hydrogens (primary N) is 1. The van der Waals surface area contributed by atoms with Crippen LogP contribution in [0.25, 0.3) is 0 Å². The molecule has 0 fully saturated rings. The Labute approximate surface area is 195 Å². The number of halogens is 2. The molecule has 2 heterocycles. The predicted molar refractivity (Wildman–Crippen MR) is 122 cm³/mol. The fourth-order valence-corrected chi connectivity index (χ4v) is 5.60. The highest BCUT2D eigenvalue weighted by atomic mass is 79.9. The maximum atomic E-state index is 15.0. The second-order valence-corrected chi connectivity index (χ2v) is 10.5. The molecule has 7 nitrogen and oxygen atoms in total. The van der Waals surface area contributed by atoms with Crippen LogP contribution in [0.5, 0.6) is 0 Å². The normalized spacial score (nSPS) is 20.3. The van der Waals surface area contributed by atoms with Gasteiger partial charge in [0.05, 0.1) is 28.2 Å². The Morgan fingerprint density at radius 1 is 1.34 bits per heavy atom. The summed E-state index contributed by atoms with van der Waals surface area (Å²) in [6, 6.07) is 9.46. The molecule has 1 aromatic heterocycles. The summed E-state index contributed by atoms with van der Waals surface area (Å²) in [6.45, 7) is 3.88. The minimum atomic E-state index is -0.827. The summed E-state index contributed by atoms with van der Waals surface area (Å²) in [5, 5.41) is 21.1. The molecule has 2 N–H and O–H groups in total. The molecule has 1 aliphatic heterocycles. The van der Waals surface area contributed by atoms with Gasteiger partial charge in [-0.2, -0.15) is 5.26 Å². The minimum Gasteiger partial charge on any atom is -0.384 e. The van der Waals surface area contributed by atoms with E-state index in [4.69, 9.17) is 5.73 Å². The standard InChI is InChI=1S/C22H18BrFN4O3S/c1-22(2)8-15-20(16(29)9-22)19(17-5-6-18(32-17)28(30)31)12(10-25)21(26)27(15)14-4-3-11(23)7-13(14)24/h3-7,19H,8-9,26H2,1-2H3/t19-/m1/s1. The third-order valence-electron chi connectivity index (χ3n) is 5.61. The van der Waals surface area contributed by atoms with E-state index in [1.807, 2.05) is 13.8 Å². The van der Waals surface area contributed by atoms with E-state index >= 15 is 0 Å². The van der Waals surface area contributed by atoms with Gasteiger partial charge in [-0.05, 0) is 36.1 Å². The molecule has 32 heavy (non-hydrogen) atoms. The number of rotatable bonds is 3. The summed E-state index contributed by atoms with van der Waals surface area (Å²) in [4.78, 5) is 26.0. The van der Waals surface area contributed by atoms with Crippen LogP contribution < -0.4 is 10.6 Å². The molecule has 1 aliphatic carbocycles. The van der Waals surface area contributed by atoms with Crippen molar-refractivity contribution in [3.8, 4) is 6.07 Å². The SMILES string of the molecule is CC1(C)CC(=O)C2=C(C1)N(c1ccc(Br)cc1F)C(N)=C(C#N)[C@@H]2c1ccc([N+](=O)[O-])s1. The number of carbonyl (C=O) groups excluding carboxylic acids is 1. The number of hydrogen-bond acceptors (Lipinski definition) is 7. The summed E-state index contributed by atoms with van der Waals surface area (Å²) < 4.78 is 15.5. The summed E-state index contributed by atoms with van der Waals surface area (Å²) in [5.74, 6) is -1.56. The van der Waals surface area contributed by atoms with Crippen LogP contribution in [0.1, 0.15) is 37.5 Å². The van der Waals surface area contributed by atoms with Crippen molar-refractivity contribution in [3.05, 3.63) is 78.3 Å². The number of benzene rings is 1. The molecule has 4 rings (SSSR count). The van der Waals surface area contributed by atoms with Gasteiger partial charge in [0, 0.05) is 33.1 Å². The predicted octanol–water partition coefficient (Wildman–Crippen LogP) is 5.50. The van der Waals surface area contributed by atoms with Crippen LogP contribution in [0.3, 0.4) is 0 Å². The Balaban J connectivity index is 2.00. The Morgan fingerprint density at radius 3 is 2.66 bits per heavy atom. The smallest absolute Gasteiger partial charge is 0.324 e. The molecule has 2 aliphatic rings. The first-order chi connectivity index (χ1) is 15.0. The van der Waals surface area contributed by atoms with Crippen molar-refractivity contribution in [3.63, 3.8) is 0 Å². The molecule has 0 spiro atoms. The van der Waals surface area contributed by atoms with Crippen LogP contribution in [0, 0.1) is 32.7 Å². The van der Waals surface area contributed by atoms with E-state index < -0.39 is 22.1 Å². The van der Waals surface area contributed by atoms with Crippen LogP contribution >= 0.6 is 27.3 Å². The number of nitrogens with zero attached hydrogens (tertiary/aromatic N) is 3. The fraction of sp³-hybridized carbons (Fsp3) is 0.273. The lowest BCUT2D eigenvalue weighted by Crippen LogP contribution is -2.42. The third kappa shape index (κ3) is 3.61. The first-order valence-electron chi connectivity index (χ1n) is 9.69. The number of anilines is 1. The van der Waals surface area contributed by atoms with Crippen LogP contribution in [0.4, 0.5) is 15.1 Å². The average Bonchev–Trinajstić information content (AvgIpc) is 3.17. The second-order valence-electron chi connectivity index (χ2n) is 8.51. The number of Topliss-reactive ketones (excluding diaryl/α,β-unsaturated/α-hetero) is 1. The van der Waals surface area contributed by atoms with Crippen LogP contribution in [-0.4, -0.2) is 10.7 Å². The zero-order valence-corrected chi connectivity index (χ0v) is 19.6. The van der Waals surface area contributed by atoms with Gasteiger partial charge in [0.1, 0.15) is 11.6 Å². The number of nitro groups is 1. The zero-order valence-electron chi connectivity index (χ0n) is 17.2. The lowest BCUT2D eigenvalue weighted by molar-refractivity contribution is -0.380. The minimum absolute atomic E-state index is 0.0130. The molecule has 2 aromatic rings. The number of thiophene rings is 1. The van der Waals surface area contributed by atoms with Crippen molar-refractivity contribution in [2.45, 2.75) is 32.6 Å². The summed E-state index contributed by atoms with van der Waals surface area (Å²) in [7, 11) is 0. The van der Waals surface area contributed by atoms with E-state index in [2.05, 4.69) is 22.0 Å². The van der Waals surface area contributed by atoms with Gasteiger partial charge in [0.25, 0.3) is 0 Å². The maximum absolute atomic E-state index is 15.0. The number of allylic oxidation sites excluding steroid dienone is 3. The van der Waals surface area contributed by atoms with Crippen molar-refractivity contribution >= 4 is 43.7 Å². The number of ketones is 1. The van der Waals surface area contributed by atoms with E-state index in [0.717, 1.165) is 11.3 Å². The molecule has 10 heteroatoms. The Morgan fingerprint density at radius 2 is 2.06 bits per heavy atom. The summed E-state index contributed by atoms with van der Waals surface area (Å²) >= 11 is 4.14.